The first-order valence-corrected chi connectivity index (χ1v) is 12.0. The van der Waals surface area contributed by atoms with Gasteiger partial charge in [-0.25, -0.2) is 0 Å². The Kier molecular flexibility index (Phi) is 7.24. The van der Waals surface area contributed by atoms with Crippen LogP contribution in [0.4, 0.5) is 0 Å². The summed E-state index contributed by atoms with van der Waals surface area (Å²) in [4.78, 5) is 0. The minimum Gasteiger partial charge on any atom is -0.513 e. The van der Waals surface area contributed by atoms with E-state index in [-0.39, 0.29) is 18.2 Å². The highest BCUT2D eigenvalue weighted by molar-refractivity contribution is 5.19. The Morgan fingerprint density at radius 1 is 1.03 bits per heavy atom. The summed E-state index contributed by atoms with van der Waals surface area (Å²) in [7, 11) is 0. The van der Waals surface area contributed by atoms with Crippen molar-refractivity contribution in [2.45, 2.75) is 82.5 Å². The Morgan fingerprint density at radius 3 is 2.65 bits per heavy atom. The van der Waals surface area contributed by atoms with Gasteiger partial charge >= 0.3 is 0 Å². The van der Waals surface area contributed by atoms with Gasteiger partial charge in [-0.1, -0.05) is 23.8 Å². The van der Waals surface area contributed by atoms with Crippen LogP contribution in [0, 0.1) is 17.8 Å². The second-order valence-electron chi connectivity index (χ2n) is 9.85. The lowest BCUT2D eigenvalue weighted by Gasteiger charge is -2.35. The normalized spacial score (nSPS) is 36.3. The van der Waals surface area contributed by atoms with Gasteiger partial charge in [-0.15, -0.1) is 0 Å². The van der Waals surface area contributed by atoms with Crippen molar-refractivity contribution in [3.8, 4) is 0 Å². The molecule has 4 aliphatic rings. The van der Waals surface area contributed by atoms with E-state index in [0.717, 1.165) is 69.9 Å². The fourth-order valence-electron chi connectivity index (χ4n) is 5.46. The molecule has 0 saturated heterocycles. The maximum absolute atomic E-state index is 9.63. The second-order valence-corrected chi connectivity index (χ2v) is 9.85. The molecule has 0 amide bonds. The SMILES string of the molecule is NC1=CCC(OC2C=C(CC3CC=C(O)CC3)C(N)CC2)CC1CC1C=CC(O)=CC1. The topological polar surface area (TPSA) is 102 Å². The average Bonchev–Trinajstić information content (AvgIpc) is 2.76. The number of nitrogens with two attached hydrogens (primary N) is 2. The van der Waals surface area contributed by atoms with Crippen molar-refractivity contribution in [1.29, 1.82) is 0 Å². The number of allylic oxidation sites excluding steroid dienone is 6. The van der Waals surface area contributed by atoms with Gasteiger partial charge in [0.2, 0.25) is 0 Å². The highest BCUT2D eigenvalue weighted by Crippen LogP contribution is 2.35. The molecule has 0 aromatic rings. The second kappa shape index (κ2) is 10.1. The molecule has 0 aromatic heterocycles. The van der Waals surface area contributed by atoms with E-state index in [2.05, 4.69) is 18.2 Å². The smallest absolute Gasteiger partial charge is 0.111 e. The van der Waals surface area contributed by atoms with Crippen molar-refractivity contribution in [2.75, 3.05) is 0 Å². The van der Waals surface area contributed by atoms with E-state index in [1.165, 1.54) is 5.57 Å². The summed E-state index contributed by atoms with van der Waals surface area (Å²) in [5.74, 6) is 2.23. The fourth-order valence-corrected chi connectivity index (χ4v) is 5.46. The summed E-state index contributed by atoms with van der Waals surface area (Å²) < 4.78 is 6.55. The van der Waals surface area contributed by atoms with Crippen LogP contribution in [0.1, 0.15) is 64.2 Å². The van der Waals surface area contributed by atoms with Gasteiger partial charge in [0.05, 0.1) is 18.0 Å². The molecule has 4 rings (SSSR count). The lowest BCUT2D eigenvalue weighted by atomic mass is 9.81. The summed E-state index contributed by atoms with van der Waals surface area (Å²) in [6.45, 7) is 0. The van der Waals surface area contributed by atoms with Crippen molar-refractivity contribution in [3.05, 3.63) is 59.2 Å². The quantitative estimate of drug-likeness (QED) is 0.444. The number of hydrogen-bond acceptors (Lipinski definition) is 5. The van der Waals surface area contributed by atoms with Gasteiger partial charge in [0.25, 0.3) is 0 Å². The van der Waals surface area contributed by atoms with Crippen LogP contribution in [0.15, 0.2) is 59.2 Å². The van der Waals surface area contributed by atoms with E-state index in [4.69, 9.17) is 16.2 Å². The third kappa shape index (κ3) is 6.05. The Balaban J connectivity index is 1.32. The molecule has 4 aliphatic carbocycles. The van der Waals surface area contributed by atoms with Crippen LogP contribution < -0.4 is 11.5 Å². The zero-order valence-corrected chi connectivity index (χ0v) is 18.5. The highest BCUT2D eigenvalue weighted by Gasteiger charge is 2.29. The number of rotatable bonds is 6. The monoisotopic (exact) mass is 426 g/mol. The molecule has 0 aliphatic heterocycles. The molecule has 0 spiro atoms. The van der Waals surface area contributed by atoms with E-state index in [1.54, 1.807) is 6.08 Å². The molecule has 31 heavy (non-hydrogen) atoms. The molecule has 6 unspecified atom stereocenters. The summed E-state index contributed by atoms with van der Waals surface area (Å²) in [5, 5.41) is 19.2. The van der Waals surface area contributed by atoms with Gasteiger partial charge in [0.15, 0.2) is 0 Å². The van der Waals surface area contributed by atoms with Gasteiger partial charge in [-0.2, -0.15) is 0 Å². The van der Waals surface area contributed by atoms with Crippen LogP contribution in [-0.4, -0.2) is 28.5 Å². The average molecular weight is 427 g/mol. The summed E-state index contributed by atoms with van der Waals surface area (Å²) >= 11 is 0. The van der Waals surface area contributed by atoms with Crippen molar-refractivity contribution in [3.63, 3.8) is 0 Å². The van der Waals surface area contributed by atoms with E-state index in [0.29, 0.717) is 29.3 Å². The lowest BCUT2D eigenvalue weighted by molar-refractivity contribution is -0.00919. The van der Waals surface area contributed by atoms with E-state index in [9.17, 15) is 10.2 Å². The van der Waals surface area contributed by atoms with Crippen molar-refractivity contribution < 1.29 is 14.9 Å². The minimum atomic E-state index is 0.134. The third-order valence-electron chi connectivity index (χ3n) is 7.42. The predicted molar refractivity (Wildman–Crippen MR) is 124 cm³/mol. The molecule has 0 aromatic carbocycles. The predicted octanol–water partition coefficient (Wildman–Crippen LogP) is 5.08. The van der Waals surface area contributed by atoms with Gasteiger partial charge in [0.1, 0.15) is 5.76 Å². The zero-order valence-electron chi connectivity index (χ0n) is 18.5. The van der Waals surface area contributed by atoms with Gasteiger partial charge < -0.3 is 26.4 Å². The molecule has 5 nitrogen and oxygen atoms in total. The van der Waals surface area contributed by atoms with Gasteiger partial charge in [0, 0.05) is 24.1 Å². The molecule has 5 heteroatoms. The number of hydrogen-bond donors (Lipinski definition) is 4. The zero-order chi connectivity index (χ0) is 21.8. The lowest BCUT2D eigenvalue weighted by Crippen LogP contribution is -2.35. The standard InChI is InChI=1S/C26H38N2O3/c27-25-11-9-23(15-19(25)13-17-1-5-21(29)6-2-17)31-24-10-12-26(28)20(16-24)14-18-3-7-22(30)8-4-18/h1,5-7,11,16-19,23-24,26,29-30H,2-4,8-10,12-15,27-28H2. The van der Waals surface area contributed by atoms with Crippen molar-refractivity contribution in [1.82, 2.24) is 0 Å². The Morgan fingerprint density at radius 2 is 1.90 bits per heavy atom. The molecule has 0 heterocycles. The van der Waals surface area contributed by atoms with Crippen LogP contribution in [0.25, 0.3) is 0 Å². The Bertz CT molecular complexity index is 794. The first kappa shape index (κ1) is 22.2. The molecule has 6 atom stereocenters. The highest BCUT2D eigenvalue weighted by atomic mass is 16.5. The van der Waals surface area contributed by atoms with Crippen LogP contribution >= 0.6 is 0 Å². The van der Waals surface area contributed by atoms with Crippen molar-refractivity contribution >= 4 is 0 Å². The molecular weight excluding hydrogens is 388 g/mol. The first-order valence-electron chi connectivity index (χ1n) is 12.0. The summed E-state index contributed by atoms with van der Waals surface area (Å²) in [6.07, 6.45) is 22.0. The number of ether oxygens (including phenoxy) is 1. The number of aliphatic hydroxyl groups excluding tert-OH is 2. The first-order chi connectivity index (χ1) is 15.0. The summed E-state index contributed by atoms with van der Waals surface area (Å²) in [5.41, 5.74) is 15.1. The van der Waals surface area contributed by atoms with Crippen LogP contribution in [0.2, 0.25) is 0 Å². The number of aliphatic hydroxyl groups is 2. The molecule has 0 radical (unpaired) electrons. The van der Waals surface area contributed by atoms with E-state index >= 15 is 0 Å². The fraction of sp³-hybridized carbons (Fsp3) is 0.615. The van der Waals surface area contributed by atoms with E-state index < -0.39 is 0 Å². The van der Waals surface area contributed by atoms with Gasteiger partial charge in [-0.05, 0) is 87.9 Å². The molecule has 170 valence electrons. The Hall–Kier alpha value is -1.98. The maximum atomic E-state index is 9.63. The molecule has 6 N–H and O–H groups in total. The molecule has 0 fully saturated rings. The van der Waals surface area contributed by atoms with E-state index in [1.807, 2.05) is 12.2 Å². The third-order valence-corrected chi connectivity index (χ3v) is 7.42. The maximum Gasteiger partial charge on any atom is 0.111 e. The molecular formula is C26H38N2O3. The van der Waals surface area contributed by atoms with Crippen LogP contribution in [0.3, 0.4) is 0 Å². The van der Waals surface area contributed by atoms with Crippen molar-refractivity contribution in [2.24, 2.45) is 29.2 Å². The molecule has 0 saturated carbocycles. The van der Waals surface area contributed by atoms with Crippen LogP contribution in [-0.2, 0) is 4.74 Å². The van der Waals surface area contributed by atoms with Crippen LogP contribution in [0.5, 0.6) is 0 Å². The summed E-state index contributed by atoms with van der Waals surface area (Å²) in [6, 6.07) is 0.136. The molecule has 0 bridgehead atoms. The Labute approximate surface area is 186 Å². The van der Waals surface area contributed by atoms with Gasteiger partial charge in [-0.3, -0.25) is 0 Å². The minimum absolute atomic E-state index is 0.134. The largest absolute Gasteiger partial charge is 0.513 e.